The van der Waals surface area contributed by atoms with Crippen molar-refractivity contribution in [1.29, 1.82) is 0 Å². The molecule has 0 N–H and O–H groups in total. The van der Waals surface area contributed by atoms with Crippen LogP contribution < -0.4 is 4.74 Å². The van der Waals surface area contributed by atoms with Crippen molar-refractivity contribution >= 4 is 12.0 Å². The number of ether oxygens (including phenoxy) is 2. The van der Waals surface area contributed by atoms with Gasteiger partial charge in [-0.15, -0.1) is 0 Å². The van der Waals surface area contributed by atoms with Crippen molar-refractivity contribution in [2.24, 2.45) is 0 Å². The summed E-state index contributed by atoms with van der Waals surface area (Å²) in [4.78, 5) is 27.5. The summed E-state index contributed by atoms with van der Waals surface area (Å²) in [6.45, 7) is 7.82. The van der Waals surface area contributed by atoms with Crippen LogP contribution in [0.5, 0.6) is 5.75 Å². The lowest BCUT2D eigenvalue weighted by atomic mass is 10.2. The zero-order chi connectivity index (χ0) is 16.8. The molecular formula is C17H24N2O4. The maximum atomic E-state index is 12.5. The molecular weight excluding hydrogens is 296 g/mol. The van der Waals surface area contributed by atoms with Gasteiger partial charge >= 0.3 is 6.09 Å². The van der Waals surface area contributed by atoms with Crippen molar-refractivity contribution in [3.63, 3.8) is 0 Å². The van der Waals surface area contributed by atoms with E-state index in [9.17, 15) is 9.59 Å². The van der Waals surface area contributed by atoms with Crippen molar-refractivity contribution in [1.82, 2.24) is 9.80 Å². The standard InChI is InChI=1S/C17H24N2O4/c1-4-22-17(21)19-11-9-18(10-12-19)16(20)14(3)23-15-8-6-5-7-13(15)2/h5-8,14H,4,9-12H2,1-3H3/t14-/m1/s1. The summed E-state index contributed by atoms with van der Waals surface area (Å²) < 4.78 is 10.8. The van der Waals surface area contributed by atoms with E-state index in [1.165, 1.54) is 0 Å². The van der Waals surface area contributed by atoms with Crippen molar-refractivity contribution in [2.45, 2.75) is 26.9 Å². The van der Waals surface area contributed by atoms with Crippen molar-refractivity contribution in [3.05, 3.63) is 29.8 Å². The van der Waals surface area contributed by atoms with Crippen LogP contribution in [-0.4, -0.2) is 60.7 Å². The molecule has 6 heteroatoms. The zero-order valence-electron chi connectivity index (χ0n) is 13.9. The minimum atomic E-state index is -0.551. The van der Waals surface area contributed by atoms with E-state index in [1.807, 2.05) is 31.2 Å². The lowest BCUT2D eigenvalue weighted by Gasteiger charge is -2.35. The van der Waals surface area contributed by atoms with Crippen molar-refractivity contribution < 1.29 is 19.1 Å². The maximum absolute atomic E-state index is 12.5. The van der Waals surface area contributed by atoms with E-state index in [-0.39, 0.29) is 12.0 Å². The van der Waals surface area contributed by atoms with Crippen LogP contribution in [0.1, 0.15) is 19.4 Å². The number of para-hydroxylation sites is 1. The monoisotopic (exact) mass is 320 g/mol. The Balaban J connectivity index is 1.87. The first-order valence-corrected chi connectivity index (χ1v) is 7.95. The van der Waals surface area contributed by atoms with Gasteiger partial charge in [0, 0.05) is 26.2 Å². The van der Waals surface area contributed by atoms with E-state index in [0.717, 1.165) is 11.3 Å². The molecule has 0 saturated carbocycles. The molecule has 1 aromatic rings. The van der Waals surface area contributed by atoms with Gasteiger partial charge in [0.2, 0.25) is 0 Å². The van der Waals surface area contributed by atoms with Gasteiger partial charge in [-0.05, 0) is 32.4 Å². The van der Waals surface area contributed by atoms with Crippen LogP contribution in [0.15, 0.2) is 24.3 Å². The minimum absolute atomic E-state index is 0.0586. The van der Waals surface area contributed by atoms with E-state index in [2.05, 4.69) is 0 Å². The summed E-state index contributed by atoms with van der Waals surface area (Å²) in [6, 6.07) is 7.63. The normalized spacial score (nSPS) is 16.0. The van der Waals surface area contributed by atoms with E-state index in [1.54, 1.807) is 23.6 Å². The summed E-state index contributed by atoms with van der Waals surface area (Å²) >= 11 is 0. The van der Waals surface area contributed by atoms with Gasteiger partial charge in [-0.3, -0.25) is 4.79 Å². The minimum Gasteiger partial charge on any atom is -0.481 e. The first-order valence-electron chi connectivity index (χ1n) is 7.95. The van der Waals surface area contributed by atoms with Gasteiger partial charge in [-0.1, -0.05) is 18.2 Å². The molecule has 0 bridgehead atoms. The Morgan fingerprint density at radius 1 is 1.13 bits per heavy atom. The Kier molecular flexibility index (Phi) is 5.84. The fourth-order valence-electron chi connectivity index (χ4n) is 2.51. The van der Waals surface area contributed by atoms with E-state index in [4.69, 9.17) is 9.47 Å². The molecule has 23 heavy (non-hydrogen) atoms. The molecule has 1 atom stereocenters. The van der Waals surface area contributed by atoms with Gasteiger partial charge in [0.05, 0.1) is 6.61 Å². The van der Waals surface area contributed by atoms with Gasteiger partial charge in [-0.25, -0.2) is 4.79 Å². The molecule has 0 spiro atoms. The Bertz CT molecular complexity index is 553. The Hall–Kier alpha value is -2.24. The lowest BCUT2D eigenvalue weighted by molar-refractivity contribution is -0.139. The Morgan fingerprint density at radius 3 is 2.35 bits per heavy atom. The second-order valence-corrected chi connectivity index (χ2v) is 5.54. The van der Waals surface area contributed by atoms with Crippen molar-refractivity contribution in [2.75, 3.05) is 32.8 Å². The number of hydrogen-bond donors (Lipinski definition) is 0. The van der Waals surface area contributed by atoms with E-state index < -0.39 is 6.10 Å². The summed E-state index contributed by atoms with van der Waals surface area (Å²) in [5, 5.41) is 0. The number of aryl methyl sites for hydroxylation is 1. The number of rotatable bonds is 4. The van der Waals surface area contributed by atoms with Crippen LogP contribution in [0, 0.1) is 6.92 Å². The van der Waals surface area contributed by atoms with Crippen LogP contribution in [0.2, 0.25) is 0 Å². The van der Waals surface area contributed by atoms with Crippen LogP contribution >= 0.6 is 0 Å². The molecule has 1 saturated heterocycles. The van der Waals surface area contributed by atoms with Crippen LogP contribution in [0.4, 0.5) is 4.79 Å². The fourth-order valence-corrected chi connectivity index (χ4v) is 2.51. The molecule has 0 aromatic heterocycles. The molecule has 1 fully saturated rings. The number of benzene rings is 1. The van der Waals surface area contributed by atoms with Crippen LogP contribution in [0.25, 0.3) is 0 Å². The maximum Gasteiger partial charge on any atom is 0.409 e. The quantitative estimate of drug-likeness (QED) is 0.852. The third-order valence-electron chi connectivity index (χ3n) is 3.86. The predicted molar refractivity (Wildman–Crippen MR) is 86.4 cm³/mol. The van der Waals surface area contributed by atoms with E-state index in [0.29, 0.717) is 32.8 Å². The number of piperazine rings is 1. The number of hydrogen-bond acceptors (Lipinski definition) is 4. The van der Waals surface area contributed by atoms with Crippen LogP contribution in [0.3, 0.4) is 0 Å². The number of nitrogens with zero attached hydrogens (tertiary/aromatic N) is 2. The Labute approximate surface area is 137 Å². The highest BCUT2D eigenvalue weighted by Gasteiger charge is 2.28. The van der Waals surface area contributed by atoms with Crippen LogP contribution in [-0.2, 0) is 9.53 Å². The molecule has 0 unspecified atom stereocenters. The van der Waals surface area contributed by atoms with Crippen molar-refractivity contribution in [3.8, 4) is 5.75 Å². The topological polar surface area (TPSA) is 59.1 Å². The van der Waals surface area contributed by atoms with Gasteiger partial charge in [-0.2, -0.15) is 0 Å². The van der Waals surface area contributed by atoms with Gasteiger partial charge < -0.3 is 19.3 Å². The number of carbonyl (C=O) groups is 2. The average molecular weight is 320 g/mol. The Morgan fingerprint density at radius 2 is 1.74 bits per heavy atom. The highest BCUT2D eigenvalue weighted by atomic mass is 16.6. The molecule has 1 aliphatic heterocycles. The molecule has 2 rings (SSSR count). The second kappa shape index (κ2) is 7.85. The molecule has 1 aliphatic rings. The molecule has 2 amide bonds. The summed E-state index contributed by atoms with van der Waals surface area (Å²) in [5.74, 6) is 0.662. The first kappa shape index (κ1) is 17.1. The second-order valence-electron chi connectivity index (χ2n) is 5.54. The summed E-state index contributed by atoms with van der Waals surface area (Å²) in [6.07, 6.45) is -0.867. The van der Waals surface area contributed by atoms with Gasteiger partial charge in [0.25, 0.3) is 5.91 Å². The third kappa shape index (κ3) is 4.37. The third-order valence-corrected chi connectivity index (χ3v) is 3.86. The highest BCUT2D eigenvalue weighted by molar-refractivity contribution is 5.81. The molecule has 1 aromatic carbocycles. The smallest absolute Gasteiger partial charge is 0.409 e. The largest absolute Gasteiger partial charge is 0.481 e. The molecule has 0 aliphatic carbocycles. The molecule has 0 radical (unpaired) electrons. The van der Waals surface area contributed by atoms with E-state index >= 15 is 0 Å². The molecule has 1 heterocycles. The average Bonchev–Trinajstić information content (AvgIpc) is 2.56. The lowest BCUT2D eigenvalue weighted by Crippen LogP contribution is -2.53. The summed E-state index contributed by atoms with van der Waals surface area (Å²) in [5.41, 5.74) is 0.999. The predicted octanol–water partition coefficient (Wildman–Crippen LogP) is 2.06. The van der Waals surface area contributed by atoms with Gasteiger partial charge in [0.15, 0.2) is 6.10 Å². The number of carbonyl (C=O) groups excluding carboxylic acids is 2. The highest BCUT2D eigenvalue weighted by Crippen LogP contribution is 2.18. The first-order chi connectivity index (χ1) is 11.0. The summed E-state index contributed by atoms with van der Waals surface area (Å²) in [7, 11) is 0. The SMILES string of the molecule is CCOC(=O)N1CCN(C(=O)[C@@H](C)Oc2ccccc2C)CC1. The molecule has 6 nitrogen and oxygen atoms in total. The zero-order valence-corrected chi connectivity index (χ0v) is 13.9. The fraction of sp³-hybridized carbons (Fsp3) is 0.529. The van der Waals surface area contributed by atoms with Gasteiger partial charge in [0.1, 0.15) is 5.75 Å². The number of amides is 2. The molecule has 126 valence electrons.